The zero-order chi connectivity index (χ0) is 19.3. The van der Waals surface area contributed by atoms with Crippen molar-refractivity contribution in [2.24, 2.45) is 0 Å². The topological polar surface area (TPSA) is 65.1 Å². The Hall–Kier alpha value is -3.16. The first-order valence-electron chi connectivity index (χ1n) is 7.61. The second kappa shape index (κ2) is 8.28. The van der Waals surface area contributed by atoms with Crippen molar-refractivity contribution in [2.45, 2.75) is 6.92 Å². The maximum atomic E-state index is 14.6. The van der Waals surface area contributed by atoms with E-state index in [2.05, 4.69) is 9.47 Å². The van der Waals surface area contributed by atoms with Crippen molar-refractivity contribution in [3.63, 3.8) is 0 Å². The fraction of sp³-hybridized carbons (Fsp3) is 0.222. The maximum absolute atomic E-state index is 14.6. The normalized spacial score (nSPS) is 13.5. The summed E-state index contributed by atoms with van der Waals surface area (Å²) in [6.45, 7) is 1.90. The number of allylic oxidation sites excluding steroid dienone is 2. The molecule has 0 aliphatic carbocycles. The van der Waals surface area contributed by atoms with E-state index >= 15 is 0 Å². The minimum Gasteiger partial charge on any atom is -0.494 e. The summed E-state index contributed by atoms with van der Waals surface area (Å²) in [4.78, 5) is 25.2. The molecule has 0 amide bonds. The van der Waals surface area contributed by atoms with Gasteiger partial charge in [-0.3, -0.25) is 0 Å². The van der Waals surface area contributed by atoms with Gasteiger partial charge in [0.25, 0.3) is 0 Å². The molecule has 0 bridgehead atoms. The van der Waals surface area contributed by atoms with Gasteiger partial charge < -0.3 is 19.1 Å². The molecule has 6 nitrogen and oxygen atoms in total. The second-order valence-corrected chi connectivity index (χ2v) is 4.98. The van der Waals surface area contributed by atoms with E-state index in [1.165, 1.54) is 24.4 Å². The van der Waals surface area contributed by atoms with Crippen LogP contribution >= 0.6 is 0 Å². The average molecular weight is 365 g/mol. The Balaban J connectivity index is 2.69. The summed E-state index contributed by atoms with van der Waals surface area (Å²) in [5.41, 5.74) is -1.15. The van der Waals surface area contributed by atoms with Gasteiger partial charge in [0.2, 0.25) is 0 Å². The smallest absolute Gasteiger partial charge is 0.355 e. The van der Waals surface area contributed by atoms with Crippen LogP contribution in [0.3, 0.4) is 0 Å². The molecule has 1 aromatic rings. The molecule has 0 atom stereocenters. The first-order chi connectivity index (χ1) is 12.4. The number of carbonyl (C=O) groups excluding carboxylic acids is 2. The van der Waals surface area contributed by atoms with Gasteiger partial charge in [0, 0.05) is 18.3 Å². The molecule has 0 unspecified atom stereocenters. The van der Waals surface area contributed by atoms with E-state index in [1.807, 2.05) is 0 Å². The lowest BCUT2D eigenvalue weighted by Crippen LogP contribution is -2.28. The van der Waals surface area contributed by atoms with E-state index in [0.717, 1.165) is 31.3 Å². The minimum absolute atomic E-state index is 0.0000319. The maximum Gasteiger partial charge on any atom is 0.355 e. The quantitative estimate of drug-likeness (QED) is 0.748. The van der Waals surface area contributed by atoms with Crippen molar-refractivity contribution in [3.8, 4) is 5.75 Å². The van der Waals surface area contributed by atoms with Gasteiger partial charge in [-0.05, 0) is 19.1 Å². The van der Waals surface area contributed by atoms with Gasteiger partial charge >= 0.3 is 11.9 Å². The zero-order valence-electron chi connectivity index (χ0n) is 14.4. The predicted octanol–water partition coefficient (Wildman–Crippen LogP) is 2.85. The number of nitrogens with zero attached hydrogens (tertiary/aromatic N) is 1. The van der Waals surface area contributed by atoms with Gasteiger partial charge in [0.15, 0.2) is 11.6 Å². The summed E-state index contributed by atoms with van der Waals surface area (Å²) in [5.74, 6) is -3.78. The Kier molecular flexibility index (Phi) is 6.11. The monoisotopic (exact) mass is 365 g/mol. The predicted molar refractivity (Wildman–Crippen MR) is 89.3 cm³/mol. The molecule has 1 aliphatic rings. The highest BCUT2D eigenvalue weighted by Gasteiger charge is 2.30. The zero-order valence-corrected chi connectivity index (χ0v) is 14.4. The molecule has 0 saturated heterocycles. The van der Waals surface area contributed by atoms with Gasteiger partial charge in [-0.15, -0.1) is 0 Å². The Morgan fingerprint density at radius 1 is 1.04 bits per heavy atom. The minimum atomic E-state index is -0.981. The van der Waals surface area contributed by atoms with E-state index < -0.39 is 29.3 Å². The molecular weight excluding hydrogens is 348 g/mol. The van der Waals surface area contributed by atoms with Crippen molar-refractivity contribution in [1.29, 1.82) is 0 Å². The number of rotatable bonds is 5. The number of anilines is 1. The Labute approximate surface area is 148 Å². The highest BCUT2D eigenvalue weighted by Crippen LogP contribution is 2.33. The molecule has 1 aliphatic heterocycles. The largest absolute Gasteiger partial charge is 0.494 e. The van der Waals surface area contributed by atoms with Crippen LogP contribution in [0.2, 0.25) is 0 Å². The van der Waals surface area contributed by atoms with Crippen LogP contribution in [0.4, 0.5) is 14.5 Å². The summed E-state index contributed by atoms with van der Waals surface area (Å²) in [7, 11) is 2.21. The molecule has 1 heterocycles. The summed E-state index contributed by atoms with van der Waals surface area (Å²) < 4.78 is 43.6. The molecule has 0 spiro atoms. The summed E-state index contributed by atoms with van der Waals surface area (Å²) in [6.07, 6.45) is 5.37. The first kappa shape index (κ1) is 19.2. The number of benzene rings is 1. The molecule has 0 radical (unpaired) electrons. The second-order valence-electron chi connectivity index (χ2n) is 4.98. The molecule has 26 heavy (non-hydrogen) atoms. The third-order valence-electron chi connectivity index (χ3n) is 3.43. The Morgan fingerprint density at radius 2 is 1.65 bits per heavy atom. The molecule has 138 valence electrons. The van der Waals surface area contributed by atoms with E-state index in [1.54, 1.807) is 6.92 Å². The lowest BCUT2D eigenvalue weighted by atomic mass is 10.1. The van der Waals surface area contributed by atoms with Gasteiger partial charge in [-0.1, -0.05) is 6.08 Å². The van der Waals surface area contributed by atoms with Crippen molar-refractivity contribution in [1.82, 2.24) is 0 Å². The highest BCUT2D eigenvalue weighted by atomic mass is 19.1. The summed E-state index contributed by atoms with van der Waals surface area (Å²) in [5, 5.41) is 0. The molecule has 0 saturated carbocycles. The lowest BCUT2D eigenvalue weighted by Gasteiger charge is -2.24. The van der Waals surface area contributed by atoms with E-state index in [0.29, 0.717) is 0 Å². The van der Waals surface area contributed by atoms with Crippen molar-refractivity contribution < 1.29 is 32.6 Å². The highest BCUT2D eigenvalue weighted by molar-refractivity contribution is 6.05. The Morgan fingerprint density at radius 3 is 2.19 bits per heavy atom. The fourth-order valence-electron chi connectivity index (χ4n) is 2.36. The molecule has 8 heteroatoms. The molecule has 0 aromatic heterocycles. The van der Waals surface area contributed by atoms with Gasteiger partial charge in [-0.25, -0.2) is 18.4 Å². The lowest BCUT2D eigenvalue weighted by molar-refractivity contribution is -0.139. The number of carbonyl (C=O) groups is 2. The third-order valence-corrected chi connectivity index (χ3v) is 3.43. The fourth-order valence-corrected chi connectivity index (χ4v) is 2.36. The Bertz CT molecular complexity index is 791. The molecule has 0 N–H and O–H groups in total. The van der Waals surface area contributed by atoms with Crippen LogP contribution in [-0.4, -0.2) is 32.8 Å². The van der Waals surface area contributed by atoms with Gasteiger partial charge in [0.1, 0.15) is 17.1 Å². The number of methoxy groups -OCH3 is 2. The van der Waals surface area contributed by atoms with E-state index in [4.69, 9.17) is 4.74 Å². The van der Waals surface area contributed by atoms with Crippen molar-refractivity contribution in [2.75, 3.05) is 25.7 Å². The summed E-state index contributed by atoms with van der Waals surface area (Å²) >= 11 is 0. The summed E-state index contributed by atoms with van der Waals surface area (Å²) in [6, 6.07) is 1.97. The number of halogens is 2. The van der Waals surface area contributed by atoms with Crippen molar-refractivity contribution >= 4 is 17.6 Å². The van der Waals surface area contributed by atoms with Gasteiger partial charge in [-0.2, -0.15) is 0 Å². The number of hydrogen-bond donors (Lipinski definition) is 0. The third kappa shape index (κ3) is 3.74. The van der Waals surface area contributed by atoms with Crippen LogP contribution in [0.1, 0.15) is 6.92 Å². The van der Waals surface area contributed by atoms with E-state index in [-0.39, 0.29) is 23.6 Å². The molecule has 1 aromatic carbocycles. The van der Waals surface area contributed by atoms with Crippen LogP contribution in [0.5, 0.6) is 5.75 Å². The van der Waals surface area contributed by atoms with Crippen LogP contribution in [0.15, 0.2) is 47.8 Å². The van der Waals surface area contributed by atoms with Crippen LogP contribution in [0, 0.1) is 11.6 Å². The number of ether oxygens (including phenoxy) is 3. The molecule has 0 fully saturated rings. The standard InChI is InChI=1S/C18H17F2NO5/c1-4-26-11-9-13(19)16(14(20)10-11)21-8-6-5-7-12(17(22)24-2)15(21)18(23)25-3/h5-10H,4H2,1-3H3. The van der Waals surface area contributed by atoms with Gasteiger partial charge in [0.05, 0.1) is 26.4 Å². The number of hydrogen-bond acceptors (Lipinski definition) is 6. The van der Waals surface area contributed by atoms with Crippen LogP contribution in [-0.2, 0) is 19.1 Å². The van der Waals surface area contributed by atoms with Crippen LogP contribution in [0.25, 0.3) is 0 Å². The SMILES string of the molecule is CCOc1cc(F)c(N2C=CC=CC(C(=O)OC)=C2C(=O)OC)c(F)c1. The van der Waals surface area contributed by atoms with Crippen molar-refractivity contribution in [3.05, 3.63) is 59.5 Å². The van der Waals surface area contributed by atoms with Crippen LogP contribution < -0.4 is 9.64 Å². The average Bonchev–Trinajstić information content (AvgIpc) is 2.83. The van der Waals surface area contributed by atoms with E-state index in [9.17, 15) is 18.4 Å². The molecular formula is C18H17F2NO5. The number of esters is 2. The molecule has 2 rings (SSSR count). The first-order valence-corrected chi connectivity index (χ1v) is 7.61.